The molecular formula is C16H13F5N6O. The molecule has 0 bridgehead atoms. The molecule has 2 aromatic heterocycles. The lowest BCUT2D eigenvalue weighted by Gasteiger charge is -2.22. The van der Waals surface area contributed by atoms with Crippen LogP contribution < -0.4 is 16.4 Å². The molecule has 0 aliphatic heterocycles. The first-order valence-electron chi connectivity index (χ1n) is 7.72. The van der Waals surface area contributed by atoms with Gasteiger partial charge in [0.1, 0.15) is 11.6 Å². The van der Waals surface area contributed by atoms with Gasteiger partial charge >= 0.3 is 12.2 Å². The molecule has 148 valence electrons. The van der Waals surface area contributed by atoms with Crippen LogP contribution in [-0.4, -0.2) is 26.7 Å². The summed E-state index contributed by atoms with van der Waals surface area (Å²) in [7, 11) is 1.21. The number of hydrogen-bond acceptors (Lipinski definition) is 4. The van der Waals surface area contributed by atoms with Crippen molar-refractivity contribution >= 4 is 28.6 Å². The van der Waals surface area contributed by atoms with Gasteiger partial charge in [0.2, 0.25) is 5.95 Å². The number of nitrogens with two attached hydrogens (primary N) is 1. The standard InChI is InChI=1S/C16H13F5N6O/c1-27-11-3-7(17)2-10(18)9(11)4-12(27)13(16(19,20)21)26-15(28)25-8-5-23-14(22)24-6-8/h2-6,13H,1H3,(H2,22,23,24)(H2,25,26,28)/t13-/m0/s1. The van der Waals surface area contributed by atoms with Crippen molar-refractivity contribution in [1.29, 1.82) is 0 Å². The summed E-state index contributed by atoms with van der Waals surface area (Å²) in [5.41, 5.74) is 4.74. The molecule has 1 aromatic carbocycles. The van der Waals surface area contributed by atoms with Crippen LogP contribution in [0.15, 0.2) is 30.6 Å². The largest absolute Gasteiger partial charge is 0.414 e. The predicted molar refractivity (Wildman–Crippen MR) is 90.2 cm³/mol. The number of aromatic nitrogens is 3. The fraction of sp³-hybridized carbons (Fsp3) is 0.188. The Morgan fingerprint density at radius 2 is 1.82 bits per heavy atom. The van der Waals surface area contributed by atoms with E-state index in [-0.39, 0.29) is 22.5 Å². The lowest BCUT2D eigenvalue weighted by molar-refractivity contribution is -0.155. The molecule has 2 heterocycles. The summed E-state index contributed by atoms with van der Waals surface area (Å²) < 4.78 is 69.1. The summed E-state index contributed by atoms with van der Waals surface area (Å²) in [4.78, 5) is 19.2. The maximum absolute atomic E-state index is 13.9. The molecule has 3 rings (SSSR count). The Morgan fingerprint density at radius 3 is 2.43 bits per heavy atom. The highest BCUT2D eigenvalue weighted by Crippen LogP contribution is 2.36. The van der Waals surface area contributed by atoms with Crippen molar-refractivity contribution in [2.45, 2.75) is 12.2 Å². The zero-order valence-corrected chi connectivity index (χ0v) is 14.2. The fourth-order valence-corrected chi connectivity index (χ4v) is 2.68. The summed E-state index contributed by atoms with van der Waals surface area (Å²) in [5, 5.41) is 3.71. The van der Waals surface area contributed by atoms with Crippen LogP contribution in [0.25, 0.3) is 10.9 Å². The number of halogens is 5. The Balaban J connectivity index is 1.94. The molecule has 28 heavy (non-hydrogen) atoms. The Kier molecular flexibility index (Phi) is 4.79. The van der Waals surface area contributed by atoms with Gasteiger partial charge in [-0.1, -0.05) is 0 Å². The first-order chi connectivity index (χ1) is 13.1. The van der Waals surface area contributed by atoms with Crippen LogP contribution >= 0.6 is 0 Å². The summed E-state index contributed by atoms with van der Waals surface area (Å²) >= 11 is 0. The van der Waals surface area contributed by atoms with Crippen LogP contribution in [-0.2, 0) is 7.05 Å². The molecule has 0 spiro atoms. The van der Waals surface area contributed by atoms with E-state index in [1.165, 1.54) is 7.05 Å². The number of hydrogen-bond donors (Lipinski definition) is 3. The SMILES string of the molecule is Cn1c([C@H](NC(=O)Nc2cnc(N)nc2)C(F)(F)F)cc2c(F)cc(F)cc21. The molecule has 0 fully saturated rings. The molecule has 0 radical (unpaired) electrons. The van der Waals surface area contributed by atoms with Crippen molar-refractivity contribution in [2.24, 2.45) is 7.05 Å². The minimum Gasteiger partial charge on any atom is -0.368 e. The monoisotopic (exact) mass is 400 g/mol. The first-order valence-corrected chi connectivity index (χ1v) is 7.72. The molecule has 1 atom stereocenters. The number of anilines is 2. The molecule has 3 aromatic rings. The topological polar surface area (TPSA) is 97.9 Å². The molecule has 0 unspecified atom stereocenters. The lowest BCUT2D eigenvalue weighted by Crippen LogP contribution is -2.41. The summed E-state index contributed by atoms with van der Waals surface area (Å²) in [6, 6.07) is -1.30. The highest BCUT2D eigenvalue weighted by atomic mass is 19.4. The second-order valence-electron chi connectivity index (χ2n) is 5.85. The third-order valence-corrected chi connectivity index (χ3v) is 3.94. The highest BCUT2D eigenvalue weighted by molar-refractivity contribution is 5.89. The maximum atomic E-state index is 13.9. The zero-order valence-electron chi connectivity index (χ0n) is 14.2. The van der Waals surface area contributed by atoms with E-state index in [0.717, 1.165) is 29.1 Å². The molecular weight excluding hydrogens is 387 g/mol. The highest BCUT2D eigenvalue weighted by Gasteiger charge is 2.44. The number of benzene rings is 1. The Labute approximate surface area is 154 Å². The van der Waals surface area contributed by atoms with Crippen LogP contribution in [0, 0.1) is 11.6 Å². The first kappa shape index (κ1) is 19.3. The Bertz CT molecular complexity index is 1030. The average molecular weight is 400 g/mol. The van der Waals surface area contributed by atoms with Crippen molar-refractivity contribution in [2.75, 3.05) is 11.1 Å². The van der Waals surface area contributed by atoms with Gasteiger partial charge < -0.3 is 20.9 Å². The summed E-state index contributed by atoms with van der Waals surface area (Å²) in [6.07, 6.45) is -2.69. The van der Waals surface area contributed by atoms with Gasteiger partial charge in [0.05, 0.1) is 29.3 Å². The van der Waals surface area contributed by atoms with Gasteiger partial charge in [0.25, 0.3) is 0 Å². The molecule has 2 amide bonds. The number of nitrogen functional groups attached to an aromatic ring is 1. The van der Waals surface area contributed by atoms with Crippen LogP contribution in [0.2, 0.25) is 0 Å². The van der Waals surface area contributed by atoms with E-state index in [0.29, 0.717) is 6.07 Å². The van der Waals surface area contributed by atoms with E-state index < -0.39 is 35.6 Å². The molecule has 12 heteroatoms. The number of nitrogens with one attached hydrogen (secondary N) is 2. The Morgan fingerprint density at radius 1 is 1.18 bits per heavy atom. The van der Waals surface area contributed by atoms with E-state index in [9.17, 15) is 26.7 Å². The van der Waals surface area contributed by atoms with Crippen molar-refractivity contribution in [3.63, 3.8) is 0 Å². The number of urea groups is 1. The smallest absolute Gasteiger partial charge is 0.368 e. The number of carbonyl (C=O) groups is 1. The van der Waals surface area contributed by atoms with Gasteiger partial charge in [-0.05, 0) is 12.1 Å². The van der Waals surface area contributed by atoms with Crippen LogP contribution in [0.4, 0.5) is 38.4 Å². The molecule has 0 aliphatic rings. The van der Waals surface area contributed by atoms with E-state index >= 15 is 0 Å². The average Bonchev–Trinajstić information content (AvgIpc) is 2.91. The van der Waals surface area contributed by atoms with Gasteiger partial charge in [-0.15, -0.1) is 0 Å². The van der Waals surface area contributed by atoms with Crippen LogP contribution in [0.1, 0.15) is 11.7 Å². The minimum absolute atomic E-state index is 0.0118. The van der Waals surface area contributed by atoms with Crippen molar-refractivity contribution in [3.8, 4) is 0 Å². The quantitative estimate of drug-likeness (QED) is 0.588. The van der Waals surface area contributed by atoms with Crippen molar-refractivity contribution in [3.05, 3.63) is 47.9 Å². The van der Waals surface area contributed by atoms with E-state index in [4.69, 9.17) is 5.73 Å². The number of aryl methyl sites for hydroxylation is 1. The molecule has 4 N–H and O–H groups in total. The molecule has 0 saturated carbocycles. The van der Waals surface area contributed by atoms with Gasteiger partial charge in [-0.25, -0.2) is 23.5 Å². The fourth-order valence-electron chi connectivity index (χ4n) is 2.68. The van der Waals surface area contributed by atoms with Gasteiger partial charge in [0, 0.05) is 18.5 Å². The zero-order chi connectivity index (χ0) is 20.6. The Hall–Kier alpha value is -3.44. The van der Waals surface area contributed by atoms with E-state index in [2.05, 4.69) is 15.3 Å². The number of rotatable bonds is 3. The summed E-state index contributed by atoms with van der Waals surface area (Å²) in [5.74, 6) is -2.03. The van der Waals surface area contributed by atoms with Crippen molar-refractivity contribution in [1.82, 2.24) is 19.9 Å². The van der Waals surface area contributed by atoms with Crippen LogP contribution in [0.3, 0.4) is 0 Å². The molecule has 7 nitrogen and oxygen atoms in total. The number of nitrogens with zero attached hydrogens (tertiary/aromatic N) is 3. The van der Waals surface area contributed by atoms with Gasteiger partial charge in [-0.2, -0.15) is 13.2 Å². The number of amides is 2. The normalized spacial score (nSPS) is 12.8. The number of fused-ring (bicyclic) bond motifs is 1. The maximum Gasteiger partial charge on any atom is 0.414 e. The minimum atomic E-state index is -4.91. The van der Waals surface area contributed by atoms with Crippen molar-refractivity contribution < 1.29 is 26.7 Å². The second-order valence-corrected chi connectivity index (χ2v) is 5.85. The third kappa shape index (κ3) is 3.80. The molecule has 0 saturated heterocycles. The van der Waals surface area contributed by atoms with E-state index in [1.54, 1.807) is 5.32 Å². The number of carbonyl (C=O) groups excluding carboxylic acids is 1. The summed E-state index contributed by atoms with van der Waals surface area (Å²) in [6.45, 7) is 0. The number of alkyl halides is 3. The van der Waals surface area contributed by atoms with Crippen LogP contribution in [0.5, 0.6) is 0 Å². The lowest BCUT2D eigenvalue weighted by atomic mass is 10.2. The predicted octanol–water partition coefficient (Wildman–Crippen LogP) is 3.25. The third-order valence-electron chi connectivity index (χ3n) is 3.94. The van der Waals surface area contributed by atoms with E-state index in [1.807, 2.05) is 0 Å². The van der Waals surface area contributed by atoms with Gasteiger partial charge in [0.15, 0.2) is 6.04 Å². The van der Waals surface area contributed by atoms with Gasteiger partial charge in [-0.3, -0.25) is 0 Å². The second kappa shape index (κ2) is 6.94. The molecule has 0 aliphatic carbocycles.